The average molecular weight is 442 g/mol. The Morgan fingerprint density at radius 1 is 1.19 bits per heavy atom. The van der Waals surface area contributed by atoms with Crippen LogP contribution in [-0.2, 0) is 21.4 Å². The zero-order chi connectivity index (χ0) is 22.6. The molecule has 0 unspecified atom stereocenters. The van der Waals surface area contributed by atoms with E-state index >= 15 is 0 Å². The fraction of sp³-hybridized carbons (Fsp3) is 0.600. The van der Waals surface area contributed by atoms with Gasteiger partial charge in [0.1, 0.15) is 5.76 Å². The Balaban J connectivity index is 1.49. The van der Waals surface area contributed by atoms with Crippen molar-refractivity contribution in [1.29, 1.82) is 0 Å². The summed E-state index contributed by atoms with van der Waals surface area (Å²) in [5, 5.41) is 18.2. The lowest BCUT2D eigenvalue weighted by atomic mass is 9.74. The van der Waals surface area contributed by atoms with Crippen molar-refractivity contribution in [3.05, 3.63) is 52.9 Å². The number of carbonyl (C=O) groups excluding carboxylic acids is 1. The third-order valence-corrected chi connectivity index (χ3v) is 7.32. The highest BCUT2D eigenvalue weighted by Crippen LogP contribution is 2.39. The van der Waals surface area contributed by atoms with Crippen LogP contribution in [0.1, 0.15) is 48.3 Å². The number of nitrogens with zero attached hydrogens (tertiary/aromatic N) is 2. The second-order valence-corrected chi connectivity index (χ2v) is 9.26. The summed E-state index contributed by atoms with van der Waals surface area (Å²) in [7, 11) is 0. The second kappa shape index (κ2) is 10.1. The van der Waals surface area contributed by atoms with E-state index in [0.717, 1.165) is 63.2 Å². The zero-order valence-corrected chi connectivity index (χ0v) is 19.2. The van der Waals surface area contributed by atoms with Crippen LogP contribution in [0, 0.1) is 13.8 Å². The highest BCUT2D eigenvalue weighted by molar-refractivity contribution is 5.79. The van der Waals surface area contributed by atoms with Gasteiger partial charge in [-0.1, -0.05) is 35.5 Å². The molecule has 7 nitrogen and oxygen atoms in total. The number of carbonyl (C=O) groups is 1. The van der Waals surface area contributed by atoms with Gasteiger partial charge in [-0.25, -0.2) is 0 Å². The molecule has 2 N–H and O–H groups in total. The normalized spacial score (nSPS) is 27.1. The van der Waals surface area contributed by atoms with Gasteiger partial charge in [-0.05, 0) is 45.1 Å². The van der Waals surface area contributed by atoms with E-state index in [1.807, 2.05) is 19.9 Å². The lowest BCUT2D eigenvalue weighted by Crippen LogP contribution is -2.48. The number of aliphatic hydroxyl groups is 1. The van der Waals surface area contributed by atoms with Crippen molar-refractivity contribution < 1.29 is 19.2 Å². The Hall–Kier alpha value is -2.22. The quantitative estimate of drug-likeness (QED) is 0.670. The van der Waals surface area contributed by atoms with Crippen molar-refractivity contribution in [2.45, 2.75) is 63.5 Å². The molecule has 0 radical (unpaired) electrons. The van der Waals surface area contributed by atoms with Crippen molar-refractivity contribution in [3.8, 4) is 0 Å². The van der Waals surface area contributed by atoms with E-state index < -0.39 is 0 Å². The first kappa shape index (κ1) is 23.0. The summed E-state index contributed by atoms with van der Waals surface area (Å²) < 4.78 is 10.7. The summed E-state index contributed by atoms with van der Waals surface area (Å²) >= 11 is 0. The van der Waals surface area contributed by atoms with Gasteiger partial charge in [0.25, 0.3) is 0 Å². The van der Waals surface area contributed by atoms with E-state index in [-0.39, 0.29) is 29.9 Å². The monoisotopic (exact) mass is 441 g/mol. The Labute approximate surface area is 190 Å². The van der Waals surface area contributed by atoms with E-state index in [1.54, 1.807) is 0 Å². The molecule has 2 fully saturated rings. The average Bonchev–Trinajstić information content (AvgIpc) is 3.03. The second-order valence-electron chi connectivity index (χ2n) is 9.26. The Morgan fingerprint density at radius 2 is 1.91 bits per heavy atom. The van der Waals surface area contributed by atoms with Gasteiger partial charge in [0.2, 0.25) is 5.91 Å². The summed E-state index contributed by atoms with van der Waals surface area (Å²) in [5.41, 5.74) is 2.66. The third-order valence-electron chi connectivity index (χ3n) is 7.32. The largest absolute Gasteiger partial charge is 0.391 e. The number of aryl methyl sites for hydroxylation is 2. The fourth-order valence-electron chi connectivity index (χ4n) is 5.30. The molecule has 1 amide bonds. The highest BCUT2D eigenvalue weighted by atomic mass is 16.5. The smallest absolute Gasteiger partial charge is 0.224 e. The van der Waals surface area contributed by atoms with Gasteiger partial charge in [-0.15, -0.1) is 0 Å². The van der Waals surface area contributed by atoms with Crippen molar-refractivity contribution in [2.75, 3.05) is 32.8 Å². The number of amides is 1. The Bertz CT molecular complexity index is 874. The molecule has 1 saturated heterocycles. The van der Waals surface area contributed by atoms with Crippen LogP contribution in [0.2, 0.25) is 0 Å². The molecule has 2 heterocycles. The molecule has 4 rings (SSSR count). The van der Waals surface area contributed by atoms with Crippen molar-refractivity contribution in [1.82, 2.24) is 15.4 Å². The molecule has 7 heteroatoms. The molecule has 2 aliphatic rings. The Kier molecular flexibility index (Phi) is 7.28. The molecule has 1 aromatic carbocycles. The van der Waals surface area contributed by atoms with Crippen LogP contribution >= 0.6 is 0 Å². The SMILES string of the molecule is Cc1noc(C)c1CC(=O)NC[C@]1(c2ccccc2)CC[C@H](O)[C@@H](N2CCOCC2)CC1. The lowest BCUT2D eigenvalue weighted by molar-refractivity contribution is -0.120. The minimum Gasteiger partial charge on any atom is -0.391 e. The zero-order valence-electron chi connectivity index (χ0n) is 19.2. The molecular weight excluding hydrogens is 406 g/mol. The van der Waals surface area contributed by atoms with Crippen LogP contribution in [0.15, 0.2) is 34.9 Å². The summed E-state index contributed by atoms with van der Waals surface area (Å²) in [6, 6.07) is 10.6. The first-order chi connectivity index (χ1) is 15.5. The van der Waals surface area contributed by atoms with Gasteiger partial charge in [0, 0.05) is 36.7 Å². The maximum absolute atomic E-state index is 12.8. The maximum Gasteiger partial charge on any atom is 0.224 e. The van der Waals surface area contributed by atoms with E-state index in [9.17, 15) is 9.90 Å². The minimum absolute atomic E-state index is 0.0239. The number of nitrogens with one attached hydrogen (secondary N) is 1. The predicted molar refractivity (Wildman–Crippen MR) is 121 cm³/mol. The van der Waals surface area contributed by atoms with Gasteiger partial charge in [0.15, 0.2) is 0 Å². The van der Waals surface area contributed by atoms with Gasteiger partial charge in [-0.3, -0.25) is 9.69 Å². The molecule has 1 aromatic heterocycles. The predicted octanol–water partition coefficient (Wildman–Crippen LogP) is 2.52. The summed E-state index contributed by atoms with van der Waals surface area (Å²) in [5.74, 6) is 0.672. The van der Waals surface area contributed by atoms with Crippen LogP contribution in [0.4, 0.5) is 0 Å². The molecule has 0 bridgehead atoms. The van der Waals surface area contributed by atoms with Crippen molar-refractivity contribution >= 4 is 5.91 Å². The molecule has 2 aromatic rings. The third kappa shape index (κ3) is 5.05. The molecule has 32 heavy (non-hydrogen) atoms. The van der Waals surface area contributed by atoms with Crippen molar-refractivity contribution in [2.24, 2.45) is 0 Å². The number of rotatable bonds is 6. The van der Waals surface area contributed by atoms with E-state index in [1.165, 1.54) is 5.56 Å². The lowest BCUT2D eigenvalue weighted by Gasteiger charge is -2.37. The van der Waals surface area contributed by atoms with Gasteiger partial charge < -0.3 is 19.7 Å². The van der Waals surface area contributed by atoms with Crippen LogP contribution in [-0.4, -0.2) is 66.1 Å². The molecule has 1 aliphatic heterocycles. The highest BCUT2D eigenvalue weighted by Gasteiger charge is 2.40. The molecule has 1 saturated carbocycles. The van der Waals surface area contributed by atoms with E-state index in [2.05, 4.69) is 39.6 Å². The fourth-order valence-corrected chi connectivity index (χ4v) is 5.30. The molecular formula is C25H35N3O4. The summed E-state index contributed by atoms with van der Waals surface area (Å²) in [6.07, 6.45) is 3.28. The number of ether oxygens (including phenoxy) is 1. The number of aromatic nitrogens is 1. The van der Waals surface area contributed by atoms with Gasteiger partial charge in [0.05, 0.1) is 31.4 Å². The van der Waals surface area contributed by atoms with Gasteiger partial charge >= 0.3 is 0 Å². The number of hydrogen-bond acceptors (Lipinski definition) is 6. The van der Waals surface area contributed by atoms with Crippen LogP contribution < -0.4 is 5.32 Å². The first-order valence-electron chi connectivity index (χ1n) is 11.7. The van der Waals surface area contributed by atoms with E-state index in [0.29, 0.717) is 12.3 Å². The number of aliphatic hydroxyl groups excluding tert-OH is 1. The van der Waals surface area contributed by atoms with Crippen molar-refractivity contribution in [3.63, 3.8) is 0 Å². The Morgan fingerprint density at radius 3 is 2.59 bits per heavy atom. The molecule has 174 valence electrons. The molecule has 1 aliphatic carbocycles. The summed E-state index contributed by atoms with van der Waals surface area (Å²) in [6.45, 7) is 7.45. The maximum atomic E-state index is 12.8. The number of benzene rings is 1. The van der Waals surface area contributed by atoms with Crippen LogP contribution in [0.3, 0.4) is 0 Å². The first-order valence-corrected chi connectivity index (χ1v) is 11.7. The van der Waals surface area contributed by atoms with E-state index in [4.69, 9.17) is 9.26 Å². The number of hydrogen-bond donors (Lipinski definition) is 2. The summed E-state index contributed by atoms with van der Waals surface area (Å²) in [4.78, 5) is 15.2. The van der Waals surface area contributed by atoms with Crippen LogP contribution in [0.25, 0.3) is 0 Å². The number of morpholine rings is 1. The topological polar surface area (TPSA) is 87.8 Å². The molecule has 0 spiro atoms. The van der Waals surface area contributed by atoms with Gasteiger partial charge in [-0.2, -0.15) is 0 Å². The molecule has 3 atom stereocenters. The minimum atomic E-state index is -0.364. The van der Waals surface area contributed by atoms with Crippen LogP contribution in [0.5, 0.6) is 0 Å². The standard InChI is InChI=1S/C25H35N3O4/c1-18-21(19(2)32-27-18)16-24(30)26-17-25(20-6-4-3-5-7-20)10-8-22(23(29)9-11-25)28-12-14-31-15-13-28/h3-7,22-23,29H,8-17H2,1-2H3,(H,26,30)/t22-,23-,25+/m0/s1.